The van der Waals surface area contributed by atoms with Gasteiger partial charge in [-0.15, -0.1) is 0 Å². The zero-order valence-corrected chi connectivity index (χ0v) is 10.5. The zero-order chi connectivity index (χ0) is 11.4. The number of nitrogens with zero attached hydrogens (tertiary/aromatic N) is 1. The highest BCUT2D eigenvalue weighted by Gasteiger charge is 2.28. The fraction of sp³-hybridized carbons (Fsp3) is 0.600. The summed E-state index contributed by atoms with van der Waals surface area (Å²) in [5.41, 5.74) is 1.45. The van der Waals surface area contributed by atoms with E-state index in [-0.39, 0.29) is 0 Å². The Morgan fingerprint density at radius 1 is 1.19 bits per heavy atom. The average Bonchev–Trinajstić information content (AvgIpc) is 2.61. The Kier molecular flexibility index (Phi) is 4.00. The summed E-state index contributed by atoms with van der Waals surface area (Å²) in [5, 5.41) is 0. The molecule has 2 unspecified atom stereocenters. The molecular formula is C15H23N. The third-order valence-corrected chi connectivity index (χ3v) is 3.75. The summed E-state index contributed by atoms with van der Waals surface area (Å²) in [6, 6.07) is 10.8. The highest BCUT2D eigenvalue weighted by Crippen LogP contribution is 2.27. The molecule has 1 aliphatic heterocycles. The van der Waals surface area contributed by atoms with E-state index in [4.69, 9.17) is 0 Å². The van der Waals surface area contributed by atoms with Gasteiger partial charge in [-0.1, -0.05) is 50.6 Å². The summed E-state index contributed by atoms with van der Waals surface area (Å²) < 4.78 is 0. The smallest absolute Gasteiger partial charge is 0.0233 e. The first kappa shape index (κ1) is 11.7. The molecular weight excluding hydrogens is 194 g/mol. The van der Waals surface area contributed by atoms with Crippen LogP contribution in [0.2, 0.25) is 0 Å². The average molecular weight is 217 g/mol. The predicted molar refractivity (Wildman–Crippen MR) is 69.3 cm³/mol. The molecule has 0 aliphatic carbocycles. The molecule has 88 valence electrons. The predicted octanol–water partition coefficient (Wildman–Crippen LogP) is 3.55. The van der Waals surface area contributed by atoms with Gasteiger partial charge in [0.15, 0.2) is 0 Å². The maximum Gasteiger partial charge on any atom is 0.0233 e. The van der Waals surface area contributed by atoms with Crippen LogP contribution in [-0.2, 0) is 6.54 Å². The molecule has 0 aromatic heterocycles. The van der Waals surface area contributed by atoms with Crippen molar-refractivity contribution < 1.29 is 0 Å². The SMILES string of the molecule is CCCC1CN(Cc2ccccc2)CC1C. The van der Waals surface area contributed by atoms with Gasteiger partial charge in [-0.3, -0.25) is 4.90 Å². The first-order valence-electron chi connectivity index (χ1n) is 6.56. The molecule has 0 amide bonds. The lowest BCUT2D eigenvalue weighted by molar-refractivity contribution is 0.312. The van der Waals surface area contributed by atoms with Gasteiger partial charge in [0.25, 0.3) is 0 Å². The third-order valence-electron chi connectivity index (χ3n) is 3.75. The summed E-state index contributed by atoms with van der Waals surface area (Å²) in [4.78, 5) is 2.61. The van der Waals surface area contributed by atoms with Gasteiger partial charge >= 0.3 is 0 Å². The van der Waals surface area contributed by atoms with Gasteiger partial charge in [0, 0.05) is 19.6 Å². The highest BCUT2D eigenvalue weighted by atomic mass is 15.1. The Balaban J connectivity index is 1.89. The first-order valence-corrected chi connectivity index (χ1v) is 6.56. The molecule has 0 N–H and O–H groups in total. The normalized spacial score (nSPS) is 26.1. The molecule has 1 aromatic carbocycles. The minimum Gasteiger partial charge on any atom is -0.299 e. The molecule has 1 nitrogen and oxygen atoms in total. The van der Waals surface area contributed by atoms with E-state index in [2.05, 4.69) is 49.1 Å². The van der Waals surface area contributed by atoms with Crippen molar-refractivity contribution in [3.63, 3.8) is 0 Å². The maximum absolute atomic E-state index is 2.61. The van der Waals surface area contributed by atoms with Crippen LogP contribution in [0.1, 0.15) is 32.3 Å². The first-order chi connectivity index (χ1) is 7.79. The van der Waals surface area contributed by atoms with E-state index >= 15 is 0 Å². The van der Waals surface area contributed by atoms with E-state index < -0.39 is 0 Å². The Bertz CT molecular complexity index is 306. The largest absolute Gasteiger partial charge is 0.299 e. The summed E-state index contributed by atoms with van der Waals surface area (Å²) in [6.45, 7) is 8.41. The quantitative estimate of drug-likeness (QED) is 0.745. The molecule has 16 heavy (non-hydrogen) atoms. The molecule has 1 fully saturated rings. The van der Waals surface area contributed by atoms with Crippen LogP contribution in [0.25, 0.3) is 0 Å². The van der Waals surface area contributed by atoms with Crippen LogP contribution in [0.5, 0.6) is 0 Å². The minimum atomic E-state index is 0.878. The Hall–Kier alpha value is -0.820. The van der Waals surface area contributed by atoms with Crippen molar-refractivity contribution in [1.82, 2.24) is 4.90 Å². The second-order valence-electron chi connectivity index (χ2n) is 5.21. The van der Waals surface area contributed by atoms with Gasteiger partial charge in [0.05, 0.1) is 0 Å². The Morgan fingerprint density at radius 3 is 2.62 bits per heavy atom. The van der Waals surface area contributed by atoms with Crippen LogP contribution in [0.3, 0.4) is 0 Å². The molecule has 0 radical (unpaired) electrons. The van der Waals surface area contributed by atoms with Gasteiger partial charge in [0.1, 0.15) is 0 Å². The van der Waals surface area contributed by atoms with Crippen molar-refractivity contribution in [2.75, 3.05) is 13.1 Å². The fourth-order valence-corrected chi connectivity index (χ4v) is 2.86. The lowest BCUT2D eigenvalue weighted by atomic mass is 9.94. The molecule has 2 rings (SSSR count). The summed E-state index contributed by atoms with van der Waals surface area (Å²) in [6.07, 6.45) is 2.72. The van der Waals surface area contributed by atoms with Gasteiger partial charge in [-0.05, 0) is 23.8 Å². The van der Waals surface area contributed by atoms with Crippen molar-refractivity contribution in [2.24, 2.45) is 11.8 Å². The molecule has 1 aliphatic rings. The number of rotatable bonds is 4. The van der Waals surface area contributed by atoms with E-state index in [1.165, 1.54) is 31.5 Å². The van der Waals surface area contributed by atoms with Crippen LogP contribution in [0.4, 0.5) is 0 Å². The van der Waals surface area contributed by atoms with E-state index in [0.29, 0.717) is 0 Å². The van der Waals surface area contributed by atoms with Crippen molar-refractivity contribution in [3.8, 4) is 0 Å². The number of likely N-dealkylation sites (tertiary alicyclic amines) is 1. The van der Waals surface area contributed by atoms with Crippen molar-refractivity contribution in [2.45, 2.75) is 33.2 Å². The van der Waals surface area contributed by atoms with Crippen LogP contribution < -0.4 is 0 Å². The molecule has 1 saturated heterocycles. The van der Waals surface area contributed by atoms with E-state index in [0.717, 1.165) is 18.4 Å². The van der Waals surface area contributed by atoms with Gasteiger partial charge in [0.2, 0.25) is 0 Å². The molecule has 2 atom stereocenters. The summed E-state index contributed by atoms with van der Waals surface area (Å²) >= 11 is 0. The maximum atomic E-state index is 2.61. The molecule has 1 heteroatoms. The van der Waals surface area contributed by atoms with Gasteiger partial charge < -0.3 is 0 Å². The second-order valence-corrected chi connectivity index (χ2v) is 5.21. The van der Waals surface area contributed by atoms with Gasteiger partial charge in [-0.25, -0.2) is 0 Å². The standard InChI is InChI=1S/C15H23N/c1-3-7-15-12-16(10-13(15)2)11-14-8-5-4-6-9-14/h4-6,8-9,13,15H,3,7,10-12H2,1-2H3. The van der Waals surface area contributed by atoms with E-state index in [9.17, 15) is 0 Å². The molecule has 1 aromatic rings. The molecule has 0 spiro atoms. The Morgan fingerprint density at radius 2 is 1.94 bits per heavy atom. The van der Waals surface area contributed by atoms with E-state index in [1.54, 1.807) is 0 Å². The van der Waals surface area contributed by atoms with Gasteiger partial charge in [-0.2, -0.15) is 0 Å². The number of hydrogen-bond acceptors (Lipinski definition) is 1. The molecule has 1 heterocycles. The van der Waals surface area contributed by atoms with Crippen molar-refractivity contribution in [1.29, 1.82) is 0 Å². The van der Waals surface area contributed by atoms with E-state index in [1.807, 2.05) is 0 Å². The van der Waals surface area contributed by atoms with Crippen LogP contribution >= 0.6 is 0 Å². The number of hydrogen-bond donors (Lipinski definition) is 0. The summed E-state index contributed by atoms with van der Waals surface area (Å²) in [7, 11) is 0. The highest BCUT2D eigenvalue weighted by molar-refractivity contribution is 5.14. The van der Waals surface area contributed by atoms with Crippen molar-refractivity contribution >= 4 is 0 Å². The van der Waals surface area contributed by atoms with Crippen molar-refractivity contribution in [3.05, 3.63) is 35.9 Å². The third kappa shape index (κ3) is 2.85. The summed E-state index contributed by atoms with van der Waals surface area (Å²) in [5.74, 6) is 1.80. The minimum absolute atomic E-state index is 0.878. The Labute approximate surface area is 99.5 Å². The zero-order valence-electron chi connectivity index (χ0n) is 10.5. The van der Waals surface area contributed by atoms with Crippen LogP contribution in [0, 0.1) is 11.8 Å². The second kappa shape index (κ2) is 5.49. The monoisotopic (exact) mass is 217 g/mol. The molecule has 0 bridgehead atoms. The lowest BCUT2D eigenvalue weighted by Gasteiger charge is -2.15. The lowest BCUT2D eigenvalue weighted by Crippen LogP contribution is -2.20. The topological polar surface area (TPSA) is 3.24 Å². The van der Waals surface area contributed by atoms with Crippen LogP contribution in [-0.4, -0.2) is 18.0 Å². The molecule has 0 saturated carbocycles. The fourth-order valence-electron chi connectivity index (χ4n) is 2.86. The number of benzene rings is 1. The van der Waals surface area contributed by atoms with Crippen LogP contribution in [0.15, 0.2) is 30.3 Å².